The van der Waals surface area contributed by atoms with Crippen LogP contribution in [-0.4, -0.2) is 59.1 Å². The fourth-order valence-corrected chi connectivity index (χ4v) is 5.05. The third-order valence-electron chi connectivity index (χ3n) is 6.74. The number of alkyl halides is 3. The molecule has 7 nitrogen and oxygen atoms in total. The number of anilines is 1. The summed E-state index contributed by atoms with van der Waals surface area (Å²) in [6, 6.07) is 8.60. The minimum atomic E-state index is -4.78. The monoisotopic (exact) mass is 579 g/mol. The Hall–Kier alpha value is -3.86. The van der Waals surface area contributed by atoms with Crippen molar-refractivity contribution >= 4 is 29.2 Å². The smallest absolute Gasteiger partial charge is 0.417 e. The maximum atomic E-state index is 15.8. The highest BCUT2D eigenvalue weighted by molar-refractivity contribution is 6.30. The van der Waals surface area contributed by atoms with Crippen molar-refractivity contribution in [1.29, 1.82) is 0 Å². The highest BCUT2D eigenvalue weighted by atomic mass is 35.5. The molecule has 1 N–H and O–H groups in total. The molecule has 1 aromatic heterocycles. The number of ether oxygens (including phenoxy) is 1. The van der Waals surface area contributed by atoms with Crippen molar-refractivity contribution in [3.8, 4) is 17.0 Å². The third-order valence-corrected chi connectivity index (χ3v) is 6.98. The van der Waals surface area contributed by atoms with Crippen LogP contribution in [0.15, 0.2) is 48.7 Å². The van der Waals surface area contributed by atoms with Gasteiger partial charge in [-0.25, -0.2) is 14.2 Å². The zero-order valence-corrected chi connectivity index (χ0v) is 22.4. The van der Waals surface area contributed by atoms with Crippen LogP contribution in [0.4, 0.5) is 23.2 Å². The molecule has 2 heterocycles. The Morgan fingerprint density at radius 2 is 1.88 bits per heavy atom. The van der Waals surface area contributed by atoms with E-state index in [1.165, 1.54) is 29.3 Å². The number of nitrogens with zero attached hydrogens (tertiary/aromatic N) is 3. The number of aromatic carboxylic acids is 1. The lowest BCUT2D eigenvalue weighted by molar-refractivity contribution is -0.138. The van der Waals surface area contributed by atoms with Gasteiger partial charge in [0.2, 0.25) is 5.88 Å². The summed E-state index contributed by atoms with van der Waals surface area (Å²) in [6.45, 7) is 3.90. The molecule has 0 aliphatic carbocycles. The molecule has 1 atom stereocenters. The van der Waals surface area contributed by atoms with Crippen molar-refractivity contribution < 1.29 is 37.0 Å². The maximum Gasteiger partial charge on any atom is 0.417 e. The summed E-state index contributed by atoms with van der Waals surface area (Å²) in [5, 5.41) is 9.86. The van der Waals surface area contributed by atoms with Crippen LogP contribution in [0.1, 0.15) is 46.5 Å². The first-order valence-corrected chi connectivity index (χ1v) is 12.9. The number of hydrogen-bond acceptors (Lipinski definition) is 5. The van der Waals surface area contributed by atoms with E-state index in [4.69, 9.17) is 16.3 Å². The van der Waals surface area contributed by atoms with E-state index in [1.54, 1.807) is 30.9 Å². The minimum Gasteiger partial charge on any atom is -0.478 e. The van der Waals surface area contributed by atoms with Gasteiger partial charge in [-0.2, -0.15) is 13.2 Å². The first kappa shape index (κ1) is 29.1. The Bertz CT molecular complexity index is 1430. The lowest BCUT2D eigenvalue weighted by Crippen LogP contribution is -2.55. The van der Waals surface area contributed by atoms with Gasteiger partial charge in [0.15, 0.2) is 0 Å². The van der Waals surface area contributed by atoms with Crippen LogP contribution in [0.5, 0.6) is 5.88 Å². The molecule has 0 saturated carbocycles. The third kappa shape index (κ3) is 5.70. The molecule has 2 aromatic carbocycles. The number of aromatic nitrogens is 1. The van der Waals surface area contributed by atoms with Crippen LogP contribution in [0.25, 0.3) is 11.1 Å². The van der Waals surface area contributed by atoms with Gasteiger partial charge < -0.3 is 19.6 Å². The molecule has 1 amide bonds. The summed E-state index contributed by atoms with van der Waals surface area (Å²) in [5.74, 6) is -3.11. The number of hydrogen-bond donors (Lipinski definition) is 1. The Morgan fingerprint density at radius 1 is 1.12 bits per heavy atom. The van der Waals surface area contributed by atoms with Crippen LogP contribution >= 0.6 is 11.6 Å². The van der Waals surface area contributed by atoms with E-state index in [1.807, 2.05) is 0 Å². The highest BCUT2D eigenvalue weighted by Gasteiger charge is 2.38. The van der Waals surface area contributed by atoms with Crippen molar-refractivity contribution in [2.24, 2.45) is 0 Å². The Balaban J connectivity index is 1.68. The molecule has 1 aliphatic rings. The summed E-state index contributed by atoms with van der Waals surface area (Å²) < 4.78 is 62.2. The molecular weight excluding hydrogens is 554 g/mol. The topological polar surface area (TPSA) is 83.0 Å². The Kier molecular flexibility index (Phi) is 8.53. The lowest BCUT2D eigenvalue weighted by Gasteiger charge is -2.43. The predicted molar refractivity (Wildman–Crippen MR) is 142 cm³/mol. The molecule has 3 aromatic rings. The summed E-state index contributed by atoms with van der Waals surface area (Å²) in [7, 11) is 0. The molecule has 1 aliphatic heterocycles. The van der Waals surface area contributed by atoms with E-state index in [9.17, 15) is 27.9 Å². The number of carbonyl (C=O) groups excluding carboxylic acids is 1. The number of amides is 1. The standard InChI is InChI=1S/C28H26ClF4N3O4/c1-3-17-15-35(26(37)20-8-7-16(29)14-21(20)28(31,32)33)12-13-36(17)22-10-9-18(24(30)23(22)27(38)39)19-6-5-11-34-25(19)40-4-2/h5-11,14,17H,3-4,12-13,15H2,1-2H3,(H,38,39)/t17-/m1/s1. The number of benzene rings is 2. The second-order valence-corrected chi connectivity index (χ2v) is 9.55. The number of carbonyl (C=O) groups is 2. The maximum absolute atomic E-state index is 15.8. The van der Waals surface area contributed by atoms with E-state index in [2.05, 4.69) is 4.98 Å². The van der Waals surface area contributed by atoms with Gasteiger partial charge in [-0.3, -0.25) is 4.79 Å². The minimum absolute atomic E-state index is 0.00183. The molecule has 4 rings (SSSR count). The Labute approximate surface area is 232 Å². The predicted octanol–water partition coefficient (Wildman–Crippen LogP) is 6.40. The van der Waals surface area contributed by atoms with Gasteiger partial charge >= 0.3 is 12.1 Å². The van der Waals surface area contributed by atoms with Crippen molar-refractivity contribution in [3.05, 3.63) is 76.2 Å². The van der Waals surface area contributed by atoms with Crippen molar-refractivity contribution in [1.82, 2.24) is 9.88 Å². The fourth-order valence-electron chi connectivity index (χ4n) is 4.88. The number of pyridine rings is 1. The molecule has 12 heteroatoms. The van der Waals surface area contributed by atoms with Crippen LogP contribution in [0.2, 0.25) is 5.02 Å². The van der Waals surface area contributed by atoms with Crippen molar-refractivity contribution in [2.75, 3.05) is 31.1 Å². The largest absolute Gasteiger partial charge is 0.478 e. The van der Waals surface area contributed by atoms with Gasteiger partial charge in [0.05, 0.1) is 23.4 Å². The first-order valence-electron chi connectivity index (χ1n) is 12.5. The number of piperazine rings is 1. The normalized spacial score (nSPS) is 15.7. The van der Waals surface area contributed by atoms with E-state index in [0.29, 0.717) is 18.1 Å². The highest BCUT2D eigenvalue weighted by Crippen LogP contribution is 2.38. The van der Waals surface area contributed by atoms with Crippen LogP contribution in [0.3, 0.4) is 0 Å². The van der Waals surface area contributed by atoms with E-state index >= 15 is 4.39 Å². The van der Waals surface area contributed by atoms with Crippen LogP contribution in [0, 0.1) is 5.82 Å². The number of halogens is 5. The van der Waals surface area contributed by atoms with Gasteiger partial charge in [-0.1, -0.05) is 18.5 Å². The molecule has 1 saturated heterocycles. The van der Waals surface area contributed by atoms with E-state index in [0.717, 1.165) is 6.07 Å². The molecule has 0 radical (unpaired) electrons. The number of carboxylic acids is 1. The summed E-state index contributed by atoms with van der Waals surface area (Å²) >= 11 is 5.75. The SMILES string of the molecule is CCOc1ncccc1-c1ccc(N2CCN(C(=O)c3ccc(Cl)cc3C(F)(F)F)C[C@H]2CC)c(C(=O)O)c1F. The van der Waals surface area contributed by atoms with Crippen molar-refractivity contribution in [3.63, 3.8) is 0 Å². The van der Waals surface area contributed by atoms with Gasteiger partial charge in [0, 0.05) is 48.0 Å². The van der Waals surface area contributed by atoms with Crippen molar-refractivity contribution in [2.45, 2.75) is 32.5 Å². The van der Waals surface area contributed by atoms with Crippen LogP contribution < -0.4 is 9.64 Å². The molecule has 0 bridgehead atoms. The second-order valence-electron chi connectivity index (χ2n) is 9.11. The summed E-state index contributed by atoms with van der Waals surface area (Å²) in [6.07, 6.45) is -2.89. The number of rotatable bonds is 7. The van der Waals surface area contributed by atoms with E-state index in [-0.39, 0.29) is 48.4 Å². The van der Waals surface area contributed by atoms with Gasteiger partial charge in [0.1, 0.15) is 11.4 Å². The molecule has 0 spiro atoms. The average Bonchev–Trinajstić information content (AvgIpc) is 2.92. The zero-order valence-electron chi connectivity index (χ0n) is 21.6. The van der Waals surface area contributed by atoms with Gasteiger partial charge in [0.25, 0.3) is 5.91 Å². The average molecular weight is 580 g/mol. The van der Waals surface area contributed by atoms with E-state index < -0.39 is 46.6 Å². The fraction of sp³-hybridized carbons (Fsp3) is 0.321. The molecule has 1 fully saturated rings. The Morgan fingerprint density at radius 3 is 2.52 bits per heavy atom. The summed E-state index contributed by atoms with van der Waals surface area (Å²) in [5.41, 5.74) is -1.81. The lowest BCUT2D eigenvalue weighted by atomic mass is 9.98. The summed E-state index contributed by atoms with van der Waals surface area (Å²) in [4.78, 5) is 32.6. The van der Waals surface area contributed by atoms with Gasteiger partial charge in [-0.05, 0) is 55.8 Å². The molecule has 40 heavy (non-hydrogen) atoms. The first-order chi connectivity index (χ1) is 19.0. The quantitative estimate of drug-likeness (QED) is 0.326. The van der Waals surface area contributed by atoms with Gasteiger partial charge in [-0.15, -0.1) is 0 Å². The van der Waals surface area contributed by atoms with Crippen LogP contribution in [-0.2, 0) is 6.18 Å². The molecule has 212 valence electrons. The second kappa shape index (κ2) is 11.7. The molecule has 0 unspecified atom stereocenters. The number of carboxylic acid groups (broad SMARTS) is 1. The molecular formula is C28H26ClF4N3O4. The zero-order chi connectivity index (χ0) is 29.2.